The van der Waals surface area contributed by atoms with Gasteiger partial charge in [0.05, 0.1) is 0 Å². The molecule has 12 heavy (non-hydrogen) atoms. The fourth-order valence-corrected chi connectivity index (χ4v) is 2.03. The summed E-state index contributed by atoms with van der Waals surface area (Å²) in [7, 11) is 0. The molecule has 0 spiro atoms. The molecular formula is C9H11BrClN. The Balaban J connectivity index is 3.23. The smallest absolute Gasteiger partial charge is 0.0446 e. The third-order valence-corrected chi connectivity index (χ3v) is 2.86. The number of halogens is 2. The molecular weight excluding hydrogens is 237 g/mol. The van der Waals surface area contributed by atoms with Crippen LogP contribution in [0.1, 0.15) is 24.1 Å². The zero-order valence-corrected chi connectivity index (χ0v) is 9.41. The van der Waals surface area contributed by atoms with Crippen molar-refractivity contribution < 1.29 is 0 Å². The Bertz CT molecular complexity index is 297. The first-order valence-electron chi connectivity index (χ1n) is 3.73. The maximum absolute atomic E-state index is 5.92. The quantitative estimate of drug-likeness (QED) is 0.810. The second kappa shape index (κ2) is 3.77. The van der Waals surface area contributed by atoms with Crippen LogP contribution in [-0.2, 0) is 0 Å². The van der Waals surface area contributed by atoms with Crippen LogP contribution in [-0.4, -0.2) is 0 Å². The van der Waals surface area contributed by atoms with E-state index in [-0.39, 0.29) is 6.04 Å². The number of hydrogen-bond acceptors (Lipinski definition) is 1. The number of hydrogen-bond donors (Lipinski definition) is 1. The highest BCUT2D eigenvalue weighted by atomic mass is 79.9. The molecule has 2 N–H and O–H groups in total. The number of benzene rings is 1. The maximum atomic E-state index is 5.92. The van der Waals surface area contributed by atoms with Gasteiger partial charge < -0.3 is 5.73 Å². The van der Waals surface area contributed by atoms with Crippen molar-refractivity contribution in [3.8, 4) is 0 Å². The summed E-state index contributed by atoms with van der Waals surface area (Å²) in [4.78, 5) is 0. The number of nitrogens with two attached hydrogens (primary N) is 1. The molecule has 0 bridgehead atoms. The summed E-state index contributed by atoms with van der Waals surface area (Å²) in [5.41, 5.74) is 7.92. The first kappa shape index (κ1) is 10.0. The summed E-state index contributed by atoms with van der Waals surface area (Å²) < 4.78 is 0.980. The molecule has 1 unspecified atom stereocenters. The average Bonchev–Trinajstić information content (AvgIpc) is 1.96. The molecule has 0 amide bonds. The highest BCUT2D eigenvalue weighted by molar-refractivity contribution is 9.10. The van der Waals surface area contributed by atoms with E-state index in [1.54, 1.807) is 0 Å². The van der Waals surface area contributed by atoms with Crippen molar-refractivity contribution in [3.05, 3.63) is 32.8 Å². The minimum absolute atomic E-state index is 0.0374. The molecule has 0 aromatic heterocycles. The van der Waals surface area contributed by atoms with Crippen LogP contribution in [0.4, 0.5) is 0 Å². The predicted molar refractivity (Wildman–Crippen MR) is 56.5 cm³/mol. The maximum Gasteiger partial charge on any atom is 0.0446 e. The molecule has 3 heteroatoms. The first-order valence-corrected chi connectivity index (χ1v) is 4.90. The van der Waals surface area contributed by atoms with E-state index in [1.165, 1.54) is 0 Å². The molecule has 1 rings (SSSR count). The lowest BCUT2D eigenvalue weighted by Crippen LogP contribution is -2.06. The second-order valence-corrected chi connectivity index (χ2v) is 4.17. The molecule has 0 radical (unpaired) electrons. The molecule has 0 aliphatic carbocycles. The van der Waals surface area contributed by atoms with Gasteiger partial charge in [0.2, 0.25) is 0 Å². The van der Waals surface area contributed by atoms with Crippen LogP contribution in [0.15, 0.2) is 16.6 Å². The Morgan fingerprint density at radius 2 is 2.08 bits per heavy atom. The normalized spacial score (nSPS) is 13.1. The van der Waals surface area contributed by atoms with Gasteiger partial charge in [-0.05, 0) is 31.0 Å². The van der Waals surface area contributed by atoms with Gasteiger partial charge in [-0.3, -0.25) is 0 Å². The van der Waals surface area contributed by atoms with Gasteiger partial charge in [-0.15, -0.1) is 0 Å². The second-order valence-electron chi connectivity index (χ2n) is 2.91. The zero-order valence-electron chi connectivity index (χ0n) is 7.07. The van der Waals surface area contributed by atoms with Crippen molar-refractivity contribution in [2.45, 2.75) is 19.9 Å². The lowest BCUT2D eigenvalue weighted by molar-refractivity contribution is 0.812. The monoisotopic (exact) mass is 247 g/mol. The van der Waals surface area contributed by atoms with Crippen molar-refractivity contribution >= 4 is 27.5 Å². The molecule has 0 saturated heterocycles. The van der Waals surface area contributed by atoms with Gasteiger partial charge in [0.15, 0.2) is 0 Å². The van der Waals surface area contributed by atoms with Crippen molar-refractivity contribution in [2.75, 3.05) is 0 Å². The van der Waals surface area contributed by atoms with E-state index in [1.807, 2.05) is 26.0 Å². The van der Waals surface area contributed by atoms with Crippen LogP contribution >= 0.6 is 27.5 Å². The van der Waals surface area contributed by atoms with Crippen molar-refractivity contribution in [2.24, 2.45) is 5.73 Å². The SMILES string of the molecule is Cc1cc(C(C)N)c(Br)cc1Cl. The topological polar surface area (TPSA) is 26.0 Å². The third-order valence-electron chi connectivity index (χ3n) is 1.77. The van der Waals surface area contributed by atoms with Gasteiger partial charge in [-0.1, -0.05) is 33.6 Å². The summed E-state index contributed by atoms with van der Waals surface area (Å²) in [6.07, 6.45) is 0. The van der Waals surface area contributed by atoms with E-state index in [4.69, 9.17) is 17.3 Å². The van der Waals surface area contributed by atoms with E-state index >= 15 is 0 Å². The number of aryl methyl sites for hydroxylation is 1. The van der Waals surface area contributed by atoms with Gasteiger partial charge in [0.1, 0.15) is 0 Å². The van der Waals surface area contributed by atoms with E-state index < -0.39 is 0 Å². The fraction of sp³-hybridized carbons (Fsp3) is 0.333. The van der Waals surface area contributed by atoms with Gasteiger partial charge in [-0.25, -0.2) is 0 Å². The van der Waals surface area contributed by atoms with Crippen LogP contribution in [0, 0.1) is 6.92 Å². The van der Waals surface area contributed by atoms with Gasteiger partial charge >= 0.3 is 0 Å². The van der Waals surface area contributed by atoms with Crippen molar-refractivity contribution in [3.63, 3.8) is 0 Å². The lowest BCUT2D eigenvalue weighted by Gasteiger charge is -2.10. The van der Waals surface area contributed by atoms with Crippen LogP contribution in [0.25, 0.3) is 0 Å². The summed E-state index contributed by atoms with van der Waals surface area (Å²) in [6.45, 7) is 3.92. The van der Waals surface area contributed by atoms with Crippen LogP contribution in [0.5, 0.6) is 0 Å². The van der Waals surface area contributed by atoms with E-state index in [0.717, 1.165) is 20.6 Å². The highest BCUT2D eigenvalue weighted by Crippen LogP contribution is 2.28. The Morgan fingerprint density at radius 1 is 1.50 bits per heavy atom. The molecule has 0 fully saturated rings. The summed E-state index contributed by atoms with van der Waals surface area (Å²) >= 11 is 9.34. The Kier molecular flexibility index (Phi) is 3.16. The minimum Gasteiger partial charge on any atom is -0.324 e. The molecule has 0 heterocycles. The molecule has 1 aromatic rings. The lowest BCUT2D eigenvalue weighted by atomic mass is 10.1. The molecule has 0 aliphatic heterocycles. The van der Waals surface area contributed by atoms with E-state index in [9.17, 15) is 0 Å². The summed E-state index contributed by atoms with van der Waals surface area (Å²) in [5, 5.41) is 0.770. The summed E-state index contributed by atoms with van der Waals surface area (Å²) in [5.74, 6) is 0. The zero-order chi connectivity index (χ0) is 9.30. The Hall–Kier alpha value is -0.0500. The molecule has 66 valence electrons. The standard InChI is InChI=1S/C9H11BrClN/c1-5-3-7(6(2)12)8(10)4-9(5)11/h3-4,6H,12H2,1-2H3. The van der Waals surface area contributed by atoms with Crippen molar-refractivity contribution in [1.29, 1.82) is 0 Å². The summed E-state index contributed by atoms with van der Waals surface area (Å²) in [6, 6.07) is 3.93. The molecule has 0 aliphatic rings. The third kappa shape index (κ3) is 2.00. The first-order chi connectivity index (χ1) is 5.52. The predicted octanol–water partition coefficient (Wildman–Crippen LogP) is 3.43. The average molecular weight is 249 g/mol. The number of rotatable bonds is 1. The molecule has 1 atom stereocenters. The van der Waals surface area contributed by atoms with Gasteiger partial charge in [0, 0.05) is 15.5 Å². The largest absolute Gasteiger partial charge is 0.324 e. The van der Waals surface area contributed by atoms with E-state index in [0.29, 0.717) is 0 Å². The minimum atomic E-state index is 0.0374. The van der Waals surface area contributed by atoms with Crippen LogP contribution in [0.3, 0.4) is 0 Å². The Morgan fingerprint density at radius 3 is 2.58 bits per heavy atom. The van der Waals surface area contributed by atoms with Crippen molar-refractivity contribution in [1.82, 2.24) is 0 Å². The highest BCUT2D eigenvalue weighted by Gasteiger charge is 2.07. The molecule has 0 saturated carbocycles. The van der Waals surface area contributed by atoms with Gasteiger partial charge in [0.25, 0.3) is 0 Å². The molecule has 1 aromatic carbocycles. The fourth-order valence-electron chi connectivity index (χ4n) is 1.03. The van der Waals surface area contributed by atoms with Crippen LogP contribution in [0.2, 0.25) is 5.02 Å². The molecule has 1 nitrogen and oxygen atoms in total. The Labute approximate surface area is 86.0 Å². The van der Waals surface area contributed by atoms with Gasteiger partial charge in [-0.2, -0.15) is 0 Å². The van der Waals surface area contributed by atoms with Crippen LogP contribution < -0.4 is 5.73 Å². The van der Waals surface area contributed by atoms with E-state index in [2.05, 4.69) is 15.9 Å².